The fourth-order valence-corrected chi connectivity index (χ4v) is 4.82. The van der Waals surface area contributed by atoms with Crippen molar-refractivity contribution in [3.8, 4) is 11.1 Å². The second kappa shape index (κ2) is 6.94. The minimum Gasteiger partial charge on any atom is -0.456 e. The summed E-state index contributed by atoms with van der Waals surface area (Å²) in [5, 5.41) is 2.06. The second-order valence-electron chi connectivity index (χ2n) is 8.48. The molecule has 0 amide bonds. The fraction of sp³-hybridized carbons (Fsp3) is 0. The van der Waals surface area contributed by atoms with E-state index in [9.17, 15) is 4.11 Å². The van der Waals surface area contributed by atoms with Crippen LogP contribution in [0.4, 0.5) is 0 Å². The van der Waals surface area contributed by atoms with Crippen LogP contribution in [0.15, 0.2) is 125 Å². The third-order valence-electron chi connectivity index (χ3n) is 6.45. The van der Waals surface area contributed by atoms with Crippen molar-refractivity contribution in [1.29, 1.82) is 0 Å². The Morgan fingerprint density at radius 2 is 1.34 bits per heavy atom. The van der Waals surface area contributed by atoms with Gasteiger partial charge in [0.25, 0.3) is 0 Å². The maximum atomic E-state index is 9.35. The van der Waals surface area contributed by atoms with Gasteiger partial charge in [-0.1, -0.05) is 84.7 Å². The lowest BCUT2D eigenvalue weighted by molar-refractivity contribution is 0.669. The van der Waals surface area contributed by atoms with E-state index in [2.05, 4.69) is 0 Å². The molecular formula is C34H20O. The highest BCUT2D eigenvalue weighted by molar-refractivity contribution is 6.17. The monoisotopic (exact) mass is 455 g/mol. The van der Waals surface area contributed by atoms with Crippen LogP contribution in [-0.4, -0.2) is 0 Å². The third-order valence-corrected chi connectivity index (χ3v) is 6.45. The van der Waals surface area contributed by atoms with Gasteiger partial charge in [-0.2, -0.15) is 0 Å². The molecule has 0 N–H and O–H groups in total. The van der Waals surface area contributed by atoms with Crippen LogP contribution in [0.5, 0.6) is 0 Å². The smallest absolute Gasteiger partial charge is 0.136 e. The maximum Gasteiger partial charge on any atom is 0.136 e. The number of hydrogen-bond donors (Lipinski definition) is 0. The summed E-state index contributed by atoms with van der Waals surface area (Å²) in [4.78, 5) is 0. The Hall–Kier alpha value is -4.62. The lowest BCUT2D eigenvalue weighted by Crippen LogP contribution is -1.83. The lowest BCUT2D eigenvalue weighted by Gasteiger charge is -2.09. The van der Waals surface area contributed by atoms with Crippen molar-refractivity contribution in [2.45, 2.75) is 0 Å². The van der Waals surface area contributed by atoms with Gasteiger partial charge >= 0.3 is 0 Å². The van der Waals surface area contributed by atoms with Gasteiger partial charge in [0.1, 0.15) is 11.2 Å². The standard InChI is InChI=1S/C34H20O/c1-2-8-23-20-33-31(19-22(23)7-1)34-29(10-5-11-32(34)35-33)25-15-13-24-18-30-26(17-27(24)16-25)14-12-21-6-3-4-9-28(21)30/h1-20H/i3D,4D,6D,9D,12D,13D,14D,15D,16D,17D,18D. The van der Waals surface area contributed by atoms with Gasteiger partial charge in [-0.05, 0) is 90.5 Å². The Morgan fingerprint density at radius 3 is 2.29 bits per heavy atom. The van der Waals surface area contributed by atoms with Gasteiger partial charge in [0.15, 0.2) is 0 Å². The minimum absolute atomic E-state index is 0.0477. The summed E-state index contributed by atoms with van der Waals surface area (Å²) in [5.41, 5.74) is 1.59. The van der Waals surface area contributed by atoms with Crippen LogP contribution in [-0.2, 0) is 0 Å². The summed E-state index contributed by atoms with van der Waals surface area (Å²) in [6.45, 7) is 0. The normalized spacial score (nSPS) is 16.4. The molecule has 0 aliphatic carbocycles. The quantitative estimate of drug-likeness (QED) is 0.177. The first-order valence-electron chi connectivity index (χ1n) is 16.6. The molecule has 0 saturated heterocycles. The Kier molecular flexibility index (Phi) is 2.22. The molecule has 162 valence electrons. The summed E-state index contributed by atoms with van der Waals surface area (Å²) in [6, 6.07) is 11.6. The largest absolute Gasteiger partial charge is 0.456 e. The van der Waals surface area contributed by atoms with E-state index in [1.165, 1.54) is 0 Å². The molecule has 0 aliphatic rings. The first kappa shape index (κ1) is 11.2. The van der Waals surface area contributed by atoms with Gasteiger partial charge < -0.3 is 4.42 Å². The molecule has 0 bridgehead atoms. The second-order valence-corrected chi connectivity index (χ2v) is 8.48. The van der Waals surface area contributed by atoms with Crippen molar-refractivity contribution in [2.75, 3.05) is 0 Å². The summed E-state index contributed by atoms with van der Waals surface area (Å²) in [5.74, 6) is 0. The molecule has 35 heavy (non-hydrogen) atoms. The topological polar surface area (TPSA) is 13.1 Å². The van der Waals surface area contributed by atoms with E-state index in [0.717, 1.165) is 16.2 Å². The van der Waals surface area contributed by atoms with Crippen molar-refractivity contribution in [2.24, 2.45) is 0 Å². The van der Waals surface area contributed by atoms with Crippen LogP contribution in [0.2, 0.25) is 0 Å². The Bertz CT molecular complexity index is 2710. The molecule has 8 rings (SSSR count). The molecule has 7 aromatic carbocycles. The molecule has 0 unspecified atom stereocenters. The molecule has 0 atom stereocenters. The summed E-state index contributed by atoms with van der Waals surface area (Å²) in [7, 11) is 0. The molecular weight excluding hydrogens is 424 g/mol. The zero-order valence-electron chi connectivity index (χ0n) is 29.1. The first-order chi connectivity index (χ1) is 21.9. The summed E-state index contributed by atoms with van der Waals surface area (Å²) < 4.78 is 103. The maximum absolute atomic E-state index is 9.35. The average Bonchev–Trinajstić information content (AvgIpc) is 3.41. The van der Waals surface area contributed by atoms with Gasteiger partial charge in [-0.3, -0.25) is 0 Å². The molecule has 8 aromatic rings. The van der Waals surface area contributed by atoms with Crippen molar-refractivity contribution < 1.29 is 19.5 Å². The van der Waals surface area contributed by atoms with Crippen LogP contribution in [0.1, 0.15) is 15.1 Å². The molecule has 1 nitrogen and oxygen atoms in total. The van der Waals surface area contributed by atoms with Crippen molar-refractivity contribution in [3.63, 3.8) is 0 Å². The lowest BCUT2D eigenvalue weighted by atomic mass is 9.94. The Balaban J connectivity index is 1.56. The van der Waals surface area contributed by atoms with Crippen LogP contribution in [0.25, 0.3) is 76.2 Å². The molecule has 0 saturated carbocycles. The molecule has 1 aromatic heterocycles. The molecule has 0 spiro atoms. The van der Waals surface area contributed by atoms with E-state index < -0.39 is 54.4 Å². The highest BCUT2D eigenvalue weighted by atomic mass is 16.3. The zero-order chi connectivity index (χ0) is 32.5. The van der Waals surface area contributed by atoms with E-state index in [1.54, 1.807) is 18.2 Å². The number of fused-ring (bicyclic) bond motifs is 8. The minimum atomic E-state index is -0.598. The highest BCUT2D eigenvalue weighted by Gasteiger charge is 2.14. The molecule has 1 heteroatoms. The van der Waals surface area contributed by atoms with Crippen molar-refractivity contribution in [1.82, 2.24) is 0 Å². The van der Waals surface area contributed by atoms with Crippen molar-refractivity contribution >= 4 is 65.0 Å². The molecule has 0 fully saturated rings. The van der Waals surface area contributed by atoms with Gasteiger partial charge in [-0.25, -0.2) is 0 Å². The third kappa shape index (κ3) is 2.76. The first-order valence-corrected chi connectivity index (χ1v) is 11.1. The van der Waals surface area contributed by atoms with E-state index >= 15 is 0 Å². The highest BCUT2D eigenvalue weighted by Crippen LogP contribution is 2.39. The molecule has 1 heterocycles. The van der Waals surface area contributed by atoms with E-state index in [-0.39, 0.29) is 50.0 Å². The summed E-state index contributed by atoms with van der Waals surface area (Å²) >= 11 is 0. The van der Waals surface area contributed by atoms with E-state index in [4.69, 9.17) is 15.4 Å². The Labute approximate surface area is 217 Å². The van der Waals surface area contributed by atoms with Crippen LogP contribution in [0.3, 0.4) is 0 Å². The van der Waals surface area contributed by atoms with Crippen LogP contribution in [0, 0.1) is 0 Å². The van der Waals surface area contributed by atoms with Gasteiger partial charge in [0.05, 0.1) is 15.1 Å². The number of furan rings is 1. The SMILES string of the molecule is [2H]c1c(-c2cccc3oc4cc5ccccc5cc4c23)c([2H])c2c([2H])c3c([2H])c([2H])c4c([2H])c([2H])c([2H])c([2H])c4c3c([2H])c2c1[2H]. The van der Waals surface area contributed by atoms with Crippen LogP contribution < -0.4 is 0 Å². The van der Waals surface area contributed by atoms with Crippen LogP contribution >= 0.6 is 0 Å². The number of benzene rings is 7. The predicted octanol–water partition coefficient (Wildman–Crippen LogP) is 9.87. The van der Waals surface area contributed by atoms with Gasteiger partial charge in [0, 0.05) is 10.8 Å². The molecule has 0 radical (unpaired) electrons. The zero-order valence-corrected chi connectivity index (χ0v) is 18.1. The number of rotatable bonds is 1. The fourth-order valence-electron chi connectivity index (χ4n) is 4.82. The molecule has 0 aliphatic heterocycles. The predicted molar refractivity (Wildman–Crippen MR) is 149 cm³/mol. The number of hydrogen-bond acceptors (Lipinski definition) is 1. The van der Waals surface area contributed by atoms with Gasteiger partial charge in [0.2, 0.25) is 0 Å². The van der Waals surface area contributed by atoms with E-state index in [0.29, 0.717) is 22.1 Å². The average molecular weight is 456 g/mol. The Morgan fingerprint density at radius 1 is 0.514 bits per heavy atom. The van der Waals surface area contributed by atoms with E-state index in [1.807, 2.05) is 36.4 Å². The summed E-state index contributed by atoms with van der Waals surface area (Å²) in [6.07, 6.45) is 0. The van der Waals surface area contributed by atoms with Gasteiger partial charge in [-0.15, -0.1) is 0 Å². The van der Waals surface area contributed by atoms with Crippen molar-refractivity contribution in [3.05, 3.63) is 121 Å².